The SMILES string of the molecule is C[C@H]1CCCn2cc(-c3cccc(Cl)c3)nc21. The second kappa shape index (κ2) is 4.19. The highest BCUT2D eigenvalue weighted by molar-refractivity contribution is 6.30. The second-order valence-corrected chi connectivity index (χ2v) is 5.17. The van der Waals surface area contributed by atoms with Gasteiger partial charge in [-0.15, -0.1) is 0 Å². The number of hydrogen-bond donors (Lipinski definition) is 0. The van der Waals surface area contributed by atoms with Gasteiger partial charge in [-0.3, -0.25) is 0 Å². The average molecular weight is 247 g/mol. The van der Waals surface area contributed by atoms with Crippen LogP contribution >= 0.6 is 11.6 Å². The van der Waals surface area contributed by atoms with E-state index in [1.165, 1.54) is 18.7 Å². The van der Waals surface area contributed by atoms with Crippen molar-refractivity contribution in [1.82, 2.24) is 9.55 Å². The van der Waals surface area contributed by atoms with E-state index < -0.39 is 0 Å². The van der Waals surface area contributed by atoms with Gasteiger partial charge in [0, 0.05) is 29.2 Å². The molecule has 0 saturated carbocycles. The van der Waals surface area contributed by atoms with E-state index in [0.717, 1.165) is 22.8 Å². The number of aryl methyl sites for hydroxylation is 1. The van der Waals surface area contributed by atoms with Crippen LogP contribution < -0.4 is 0 Å². The molecule has 0 fully saturated rings. The highest BCUT2D eigenvalue weighted by Crippen LogP contribution is 2.29. The maximum Gasteiger partial charge on any atom is 0.112 e. The first-order valence-corrected chi connectivity index (χ1v) is 6.45. The zero-order valence-corrected chi connectivity index (χ0v) is 10.6. The van der Waals surface area contributed by atoms with Crippen LogP contribution in [0.25, 0.3) is 11.3 Å². The molecule has 1 aromatic carbocycles. The molecule has 0 unspecified atom stereocenters. The Hall–Kier alpha value is -1.28. The summed E-state index contributed by atoms with van der Waals surface area (Å²) >= 11 is 6.02. The minimum atomic E-state index is 0.566. The van der Waals surface area contributed by atoms with Crippen molar-refractivity contribution in [1.29, 1.82) is 0 Å². The van der Waals surface area contributed by atoms with Crippen LogP contribution in [-0.4, -0.2) is 9.55 Å². The lowest BCUT2D eigenvalue weighted by atomic mass is 10.0. The largest absolute Gasteiger partial charge is 0.334 e. The molecule has 2 heterocycles. The molecule has 1 aromatic heterocycles. The Balaban J connectivity index is 2.05. The number of nitrogens with zero attached hydrogens (tertiary/aromatic N) is 2. The van der Waals surface area contributed by atoms with Crippen LogP contribution in [-0.2, 0) is 6.54 Å². The Labute approximate surface area is 106 Å². The molecular weight excluding hydrogens is 232 g/mol. The Morgan fingerprint density at radius 1 is 1.41 bits per heavy atom. The maximum absolute atomic E-state index is 6.02. The molecule has 0 saturated heterocycles. The van der Waals surface area contributed by atoms with Gasteiger partial charge in [0.25, 0.3) is 0 Å². The third kappa shape index (κ3) is 1.98. The van der Waals surface area contributed by atoms with E-state index in [-0.39, 0.29) is 0 Å². The second-order valence-electron chi connectivity index (χ2n) is 4.73. The smallest absolute Gasteiger partial charge is 0.112 e. The third-order valence-electron chi connectivity index (χ3n) is 3.40. The van der Waals surface area contributed by atoms with Gasteiger partial charge in [0.1, 0.15) is 5.82 Å². The van der Waals surface area contributed by atoms with E-state index in [2.05, 4.69) is 23.8 Å². The number of hydrogen-bond acceptors (Lipinski definition) is 1. The summed E-state index contributed by atoms with van der Waals surface area (Å²) in [5.74, 6) is 1.78. The topological polar surface area (TPSA) is 17.8 Å². The predicted octanol–water partition coefficient (Wildman–Crippen LogP) is 4.10. The quantitative estimate of drug-likeness (QED) is 0.741. The number of rotatable bonds is 1. The summed E-state index contributed by atoms with van der Waals surface area (Å²) in [6.45, 7) is 3.34. The first kappa shape index (κ1) is 10.8. The summed E-state index contributed by atoms with van der Waals surface area (Å²) in [4.78, 5) is 4.75. The van der Waals surface area contributed by atoms with Gasteiger partial charge in [-0.1, -0.05) is 30.7 Å². The van der Waals surface area contributed by atoms with E-state index in [1.54, 1.807) is 0 Å². The lowest BCUT2D eigenvalue weighted by Crippen LogP contribution is -2.12. The van der Waals surface area contributed by atoms with Gasteiger partial charge in [-0.05, 0) is 25.0 Å². The molecule has 0 N–H and O–H groups in total. The van der Waals surface area contributed by atoms with Gasteiger partial charge >= 0.3 is 0 Å². The van der Waals surface area contributed by atoms with Crippen LogP contribution in [0.15, 0.2) is 30.5 Å². The van der Waals surface area contributed by atoms with Crippen molar-refractivity contribution < 1.29 is 0 Å². The van der Waals surface area contributed by atoms with Gasteiger partial charge in [0.05, 0.1) is 5.69 Å². The first-order chi connectivity index (χ1) is 8.24. The van der Waals surface area contributed by atoms with Crippen molar-refractivity contribution in [2.75, 3.05) is 0 Å². The summed E-state index contributed by atoms with van der Waals surface area (Å²) in [7, 11) is 0. The summed E-state index contributed by atoms with van der Waals surface area (Å²) < 4.78 is 2.28. The predicted molar refractivity (Wildman–Crippen MR) is 70.3 cm³/mol. The monoisotopic (exact) mass is 246 g/mol. The van der Waals surface area contributed by atoms with Gasteiger partial charge in [0.15, 0.2) is 0 Å². The van der Waals surface area contributed by atoms with E-state index in [1.807, 2.05) is 18.2 Å². The molecule has 3 heteroatoms. The van der Waals surface area contributed by atoms with Crippen LogP contribution in [0.5, 0.6) is 0 Å². The fourth-order valence-corrected chi connectivity index (χ4v) is 2.68. The summed E-state index contributed by atoms with van der Waals surface area (Å²) in [6.07, 6.45) is 4.64. The van der Waals surface area contributed by atoms with Crippen LogP contribution in [0.3, 0.4) is 0 Å². The molecule has 1 aliphatic heterocycles. The van der Waals surface area contributed by atoms with Crippen molar-refractivity contribution in [2.24, 2.45) is 0 Å². The number of imidazole rings is 1. The molecule has 0 amide bonds. The number of halogens is 1. The van der Waals surface area contributed by atoms with Crippen LogP contribution in [0.1, 0.15) is 31.5 Å². The first-order valence-electron chi connectivity index (χ1n) is 6.07. The zero-order chi connectivity index (χ0) is 11.8. The van der Waals surface area contributed by atoms with Crippen molar-refractivity contribution in [3.05, 3.63) is 41.3 Å². The Bertz CT molecular complexity index is 545. The summed E-state index contributed by atoms with van der Waals surface area (Å²) in [5, 5.41) is 0.765. The fraction of sp³-hybridized carbons (Fsp3) is 0.357. The number of aromatic nitrogens is 2. The lowest BCUT2D eigenvalue weighted by molar-refractivity contribution is 0.463. The van der Waals surface area contributed by atoms with Gasteiger partial charge < -0.3 is 4.57 Å². The maximum atomic E-state index is 6.02. The number of benzene rings is 1. The third-order valence-corrected chi connectivity index (χ3v) is 3.64. The summed E-state index contributed by atoms with van der Waals surface area (Å²) in [5.41, 5.74) is 2.14. The molecule has 0 aliphatic carbocycles. The van der Waals surface area contributed by atoms with Crippen molar-refractivity contribution in [2.45, 2.75) is 32.2 Å². The van der Waals surface area contributed by atoms with E-state index in [4.69, 9.17) is 16.6 Å². The molecule has 0 bridgehead atoms. The Morgan fingerprint density at radius 3 is 3.06 bits per heavy atom. The highest BCUT2D eigenvalue weighted by atomic mass is 35.5. The highest BCUT2D eigenvalue weighted by Gasteiger charge is 2.19. The van der Waals surface area contributed by atoms with Crippen LogP contribution in [0, 0.1) is 0 Å². The molecule has 2 nitrogen and oxygen atoms in total. The van der Waals surface area contributed by atoms with Crippen molar-refractivity contribution >= 4 is 11.6 Å². The average Bonchev–Trinajstić information content (AvgIpc) is 2.74. The molecule has 3 rings (SSSR count). The van der Waals surface area contributed by atoms with E-state index in [9.17, 15) is 0 Å². The van der Waals surface area contributed by atoms with Crippen LogP contribution in [0.2, 0.25) is 5.02 Å². The standard InChI is InChI=1S/C14H15ClN2/c1-10-4-3-7-17-9-13(16-14(10)17)11-5-2-6-12(15)8-11/h2,5-6,8-10H,3-4,7H2,1H3/t10-/m0/s1. The van der Waals surface area contributed by atoms with E-state index in [0.29, 0.717) is 5.92 Å². The molecule has 1 aliphatic rings. The Morgan fingerprint density at radius 2 is 2.29 bits per heavy atom. The normalized spacial score (nSPS) is 19.1. The molecular formula is C14H15ClN2. The Kier molecular flexibility index (Phi) is 2.67. The fourth-order valence-electron chi connectivity index (χ4n) is 2.49. The molecule has 1 atom stereocenters. The minimum absolute atomic E-state index is 0.566. The van der Waals surface area contributed by atoms with Crippen molar-refractivity contribution in [3.63, 3.8) is 0 Å². The molecule has 2 aromatic rings. The molecule has 0 radical (unpaired) electrons. The molecule has 88 valence electrons. The zero-order valence-electron chi connectivity index (χ0n) is 9.86. The molecule has 0 spiro atoms. The molecule has 17 heavy (non-hydrogen) atoms. The van der Waals surface area contributed by atoms with Crippen LogP contribution in [0.4, 0.5) is 0 Å². The van der Waals surface area contributed by atoms with Gasteiger partial charge in [-0.2, -0.15) is 0 Å². The van der Waals surface area contributed by atoms with Crippen molar-refractivity contribution in [3.8, 4) is 11.3 Å². The minimum Gasteiger partial charge on any atom is -0.334 e. The van der Waals surface area contributed by atoms with E-state index >= 15 is 0 Å². The lowest BCUT2D eigenvalue weighted by Gasteiger charge is -2.19. The van der Waals surface area contributed by atoms with Gasteiger partial charge in [0.2, 0.25) is 0 Å². The van der Waals surface area contributed by atoms with Gasteiger partial charge in [-0.25, -0.2) is 4.98 Å². The number of fused-ring (bicyclic) bond motifs is 1. The summed E-state index contributed by atoms with van der Waals surface area (Å²) in [6, 6.07) is 7.90.